The van der Waals surface area contributed by atoms with Crippen LogP contribution in [0.15, 0.2) is 42.5 Å². The van der Waals surface area contributed by atoms with E-state index in [2.05, 4.69) is 4.74 Å². The second-order valence-electron chi connectivity index (χ2n) is 8.83. The maximum absolute atomic E-state index is 12.1. The number of aldehydes is 1. The van der Waals surface area contributed by atoms with Crippen LogP contribution in [0.2, 0.25) is 0 Å². The van der Waals surface area contributed by atoms with Gasteiger partial charge < -0.3 is 54.3 Å². The third-order valence-corrected chi connectivity index (χ3v) is 5.73. The van der Waals surface area contributed by atoms with Crippen molar-refractivity contribution in [2.75, 3.05) is 13.2 Å². The van der Waals surface area contributed by atoms with Gasteiger partial charge in [-0.05, 0) is 35.9 Å². The van der Waals surface area contributed by atoms with Crippen molar-refractivity contribution in [1.82, 2.24) is 0 Å². The molecule has 0 radical (unpaired) electrons. The van der Waals surface area contributed by atoms with Crippen molar-refractivity contribution in [3.63, 3.8) is 0 Å². The maximum atomic E-state index is 12.1. The van der Waals surface area contributed by atoms with Crippen LogP contribution in [0.5, 0.6) is 11.5 Å². The lowest BCUT2D eigenvalue weighted by atomic mass is 9.98. The summed E-state index contributed by atoms with van der Waals surface area (Å²) in [5, 5.41) is 58.3. The largest absolute Gasteiger partial charge is 0.489 e. The smallest absolute Gasteiger partial charge is 0.338 e. The number of hydrogen-bond donors (Lipinski definition) is 6. The zero-order valence-corrected chi connectivity index (χ0v) is 21.2. The first-order chi connectivity index (χ1) is 19.0. The molecular formula is C26H30O14. The molecule has 14 nitrogen and oxygen atoms in total. The van der Waals surface area contributed by atoms with Crippen LogP contribution < -0.4 is 9.47 Å². The van der Waals surface area contributed by atoms with Gasteiger partial charge in [0.1, 0.15) is 61.8 Å². The van der Waals surface area contributed by atoms with Crippen LogP contribution in [0, 0.1) is 0 Å². The van der Waals surface area contributed by atoms with Gasteiger partial charge in [-0.2, -0.15) is 0 Å². The Morgan fingerprint density at radius 1 is 0.950 bits per heavy atom. The number of hydrogen-bond acceptors (Lipinski definition) is 14. The molecule has 218 valence electrons. The minimum absolute atomic E-state index is 0.0102. The summed E-state index contributed by atoms with van der Waals surface area (Å²) in [5.74, 6) is -1.05. The molecule has 1 fully saturated rings. The van der Waals surface area contributed by atoms with E-state index in [0.29, 0.717) is 11.8 Å². The van der Waals surface area contributed by atoms with E-state index in [9.17, 15) is 45.0 Å². The van der Waals surface area contributed by atoms with Gasteiger partial charge >= 0.3 is 11.9 Å². The van der Waals surface area contributed by atoms with E-state index < -0.39 is 55.0 Å². The van der Waals surface area contributed by atoms with Gasteiger partial charge in [0.25, 0.3) is 0 Å². The normalized spacial score (nSPS) is 23.2. The quantitative estimate of drug-likeness (QED) is 0.0995. The molecule has 40 heavy (non-hydrogen) atoms. The second kappa shape index (κ2) is 14.1. The number of esters is 2. The van der Waals surface area contributed by atoms with Crippen LogP contribution in [0.4, 0.5) is 0 Å². The van der Waals surface area contributed by atoms with Crippen molar-refractivity contribution in [3.8, 4) is 11.5 Å². The Labute approximate surface area is 227 Å². The van der Waals surface area contributed by atoms with Crippen LogP contribution in [-0.2, 0) is 25.6 Å². The zero-order chi connectivity index (χ0) is 29.4. The molecule has 0 aliphatic carbocycles. The summed E-state index contributed by atoms with van der Waals surface area (Å²) in [4.78, 5) is 34.5. The summed E-state index contributed by atoms with van der Waals surface area (Å²) in [7, 11) is 0. The summed E-state index contributed by atoms with van der Waals surface area (Å²) in [6.45, 7) is 0.597. The molecule has 2 aromatic rings. The average molecular weight is 567 g/mol. The molecule has 0 aromatic heterocycles. The first-order valence-electron chi connectivity index (χ1n) is 12.0. The zero-order valence-electron chi connectivity index (χ0n) is 21.2. The van der Waals surface area contributed by atoms with Crippen molar-refractivity contribution < 1.29 is 68.7 Å². The Bertz CT molecular complexity index is 1150. The Hall–Kier alpha value is -3.63. The van der Waals surface area contributed by atoms with Gasteiger partial charge in [-0.15, -0.1) is 0 Å². The lowest BCUT2D eigenvalue weighted by molar-refractivity contribution is -0.310. The molecule has 3 rings (SSSR count). The summed E-state index contributed by atoms with van der Waals surface area (Å²) in [6.07, 6.45) is -11.5. The van der Waals surface area contributed by atoms with E-state index in [4.69, 9.17) is 18.9 Å². The number of rotatable bonds is 12. The molecule has 1 aliphatic heterocycles. The van der Waals surface area contributed by atoms with E-state index in [1.807, 2.05) is 0 Å². The first kappa shape index (κ1) is 30.9. The van der Waals surface area contributed by atoms with E-state index in [-0.39, 0.29) is 42.4 Å². The third kappa shape index (κ3) is 8.19. The fraction of sp³-hybridized carbons (Fsp3) is 0.423. The number of aliphatic hydroxyl groups excluding tert-OH is 5. The van der Waals surface area contributed by atoms with Crippen LogP contribution in [0.25, 0.3) is 0 Å². The predicted molar refractivity (Wildman–Crippen MR) is 131 cm³/mol. The summed E-state index contributed by atoms with van der Waals surface area (Å²) in [6, 6.07) is 10.3. The van der Waals surface area contributed by atoms with Gasteiger partial charge in [0, 0.05) is 6.92 Å². The standard InChI is InChI=1S/C26H30O14/c1-13(28)36-11-17(29)12-38-25(35)15-4-2-14(3-5-15)10-37-18-6-7-19(16(8-18)9-27)39-26-22(32)20(30)21(31)23(40-26)24(33)34/h2-9,17,20-24,26,29-34H,10-12H2,1H3/t17?,20?,21-,22?,23?,26-/m1/s1. The fourth-order valence-corrected chi connectivity index (χ4v) is 3.58. The number of carbonyl (C=O) groups is 3. The molecule has 2 aromatic carbocycles. The summed E-state index contributed by atoms with van der Waals surface area (Å²) < 4.78 is 25.9. The molecule has 0 spiro atoms. The average Bonchev–Trinajstić information content (AvgIpc) is 2.94. The number of aliphatic hydroxyl groups is 6. The first-order valence-corrected chi connectivity index (χ1v) is 12.0. The number of carbonyl (C=O) groups excluding carboxylic acids is 3. The predicted octanol–water partition coefficient (Wildman–Crippen LogP) is -1.34. The number of benzene rings is 2. The second-order valence-corrected chi connectivity index (χ2v) is 8.83. The summed E-state index contributed by atoms with van der Waals surface area (Å²) in [5.41, 5.74) is 0.872. The molecule has 0 saturated carbocycles. The van der Waals surface area contributed by atoms with Gasteiger partial charge in [0.2, 0.25) is 6.29 Å². The Morgan fingerprint density at radius 3 is 2.25 bits per heavy atom. The molecule has 1 saturated heterocycles. The number of ether oxygens (including phenoxy) is 5. The van der Waals surface area contributed by atoms with E-state index in [0.717, 1.165) is 0 Å². The minimum Gasteiger partial charge on any atom is -0.489 e. The van der Waals surface area contributed by atoms with Crippen LogP contribution in [0.3, 0.4) is 0 Å². The molecule has 6 atom stereocenters. The van der Waals surface area contributed by atoms with E-state index >= 15 is 0 Å². The van der Waals surface area contributed by atoms with Gasteiger partial charge in [0.05, 0.1) is 11.1 Å². The highest BCUT2D eigenvalue weighted by Gasteiger charge is 2.47. The molecule has 4 unspecified atom stereocenters. The van der Waals surface area contributed by atoms with Crippen molar-refractivity contribution in [3.05, 3.63) is 59.2 Å². The lowest BCUT2D eigenvalue weighted by Gasteiger charge is -2.40. The Kier molecular flexibility index (Phi) is 10.9. The lowest BCUT2D eigenvalue weighted by Crippen LogP contribution is -2.62. The van der Waals surface area contributed by atoms with Gasteiger partial charge in [-0.1, -0.05) is 12.1 Å². The van der Waals surface area contributed by atoms with Gasteiger partial charge in [-0.3, -0.25) is 9.59 Å². The SMILES string of the molecule is CC(=O)OCC(O)COC(=O)c1ccc(COc2ccc(O[C@@H]3OC(C(O)O)[C@H](O)C(O)C3O)c(C=O)c2)cc1. The maximum Gasteiger partial charge on any atom is 0.338 e. The highest BCUT2D eigenvalue weighted by atomic mass is 16.7. The molecule has 1 aliphatic rings. The highest BCUT2D eigenvalue weighted by molar-refractivity contribution is 5.89. The van der Waals surface area contributed by atoms with Gasteiger partial charge in [-0.25, -0.2) is 4.79 Å². The summed E-state index contributed by atoms with van der Waals surface area (Å²) >= 11 is 0. The molecule has 0 amide bonds. The van der Waals surface area contributed by atoms with E-state index in [1.54, 1.807) is 12.1 Å². The molecule has 6 N–H and O–H groups in total. The highest BCUT2D eigenvalue weighted by Crippen LogP contribution is 2.29. The molecular weight excluding hydrogens is 536 g/mol. The van der Waals surface area contributed by atoms with Crippen molar-refractivity contribution in [1.29, 1.82) is 0 Å². The fourth-order valence-electron chi connectivity index (χ4n) is 3.58. The van der Waals surface area contributed by atoms with Crippen molar-refractivity contribution >= 4 is 18.2 Å². The van der Waals surface area contributed by atoms with Gasteiger partial charge in [0.15, 0.2) is 12.6 Å². The van der Waals surface area contributed by atoms with Crippen LogP contribution >= 0.6 is 0 Å². The Morgan fingerprint density at radius 2 is 1.62 bits per heavy atom. The van der Waals surface area contributed by atoms with Crippen molar-refractivity contribution in [2.45, 2.75) is 56.6 Å². The Balaban J connectivity index is 1.56. The topological polar surface area (TPSA) is 219 Å². The monoisotopic (exact) mass is 566 g/mol. The third-order valence-electron chi connectivity index (χ3n) is 5.73. The minimum atomic E-state index is -2.17. The molecule has 0 bridgehead atoms. The van der Waals surface area contributed by atoms with Crippen LogP contribution in [0.1, 0.15) is 33.2 Å². The van der Waals surface area contributed by atoms with E-state index in [1.165, 1.54) is 37.3 Å². The van der Waals surface area contributed by atoms with Crippen LogP contribution in [-0.4, -0.2) is 105 Å². The molecule has 1 heterocycles. The molecule has 14 heteroatoms. The van der Waals surface area contributed by atoms with Crippen molar-refractivity contribution in [2.24, 2.45) is 0 Å².